The van der Waals surface area contributed by atoms with Crippen molar-refractivity contribution >= 4 is 48.4 Å². The summed E-state index contributed by atoms with van der Waals surface area (Å²) >= 11 is 0. The third kappa shape index (κ3) is 9.05. The van der Waals surface area contributed by atoms with Gasteiger partial charge in [0.2, 0.25) is 0 Å². The van der Waals surface area contributed by atoms with Crippen LogP contribution in [0.4, 0.5) is 0 Å². The maximum Gasteiger partial charge on any atom is 1.00 e. The Morgan fingerprint density at radius 1 is 0.310 bits per heavy atom. The molecule has 6 nitrogen and oxygen atoms in total. The van der Waals surface area contributed by atoms with E-state index in [-0.39, 0.29) is 37.7 Å². The first-order valence-electron chi connectivity index (χ1n) is 23.0. The monoisotopic (exact) mass is 902 g/mol. The Balaban J connectivity index is 0.000000728. The molecule has 8 fully saturated rings. The molecule has 0 saturated heterocycles. The first-order valence-corrected chi connectivity index (χ1v) is 44.0. The van der Waals surface area contributed by atoms with Crippen molar-refractivity contribution < 1.29 is 62.2 Å². The molecule has 58 heavy (non-hydrogen) atoms. The van der Waals surface area contributed by atoms with Crippen LogP contribution < -0.4 is 62.2 Å². The Hall–Kier alpha value is 2.26. The normalized spacial score (nSPS) is 32.3. The summed E-state index contributed by atoms with van der Waals surface area (Å²) in [5.41, 5.74) is 0. The van der Waals surface area contributed by atoms with E-state index in [9.17, 15) is 0 Å². The van der Waals surface area contributed by atoms with Gasteiger partial charge in [-0.15, -0.1) is 0 Å². The van der Waals surface area contributed by atoms with Crippen LogP contribution in [0.5, 0.6) is 0 Å². The van der Waals surface area contributed by atoms with Gasteiger partial charge in [-0.3, -0.25) is 0 Å². The van der Waals surface area contributed by atoms with Crippen LogP contribution in [0, 0.1) is 11.8 Å². The van der Waals surface area contributed by atoms with E-state index < -0.39 is 48.4 Å². The molecule has 0 aromatic heterocycles. The van der Waals surface area contributed by atoms with Gasteiger partial charge in [-0.25, -0.2) is 30.2 Å². The molecule has 0 aliphatic heterocycles. The van der Waals surface area contributed by atoms with E-state index in [0.717, 1.165) is 30.2 Å². The molecule has 0 aromatic carbocycles. The molecule has 5 N–H and O–H groups in total. The molecule has 8 saturated carbocycles. The fourth-order valence-corrected chi connectivity index (χ4v) is 51.5. The van der Waals surface area contributed by atoms with Gasteiger partial charge in [-0.2, -0.15) is 0 Å². The Bertz CT molecular complexity index is 1070. The second kappa shape index (κ2) is 18.5. The Kier molecular flexibility index (Phi) is 19.2. The standard InChI is InChI=1S/2C13H27Si3.3C6H16N2.2Li/c2*1-14(2,3)11-10-12(11,15(4,5)6)13(10,11)16(7,8)9;3*1-7(2)5-6-8(3)4;;/h2*1-9H3;3*5-6H2,1-4H3;;/q2*-1;;;;2*+1/p+5. The van der Waals surface area contributed by atoms with E-state index in [0.29, 0.717) is 0 Å². The van der Waals surface area contributed by atoms with Gasteiger partial charge >= 0.3 is 37.7 Å². The minimum absolute atomic E-state index is 0. The van der Waals surface area contributed by atoms with E-state index in [1.165, 1.54) is 63.8 Å². The van der Waals surface area contributed by atoms with Crippen LogP contribution in [-0.4, -0.2) is 177 Å². The largest absolute Gasteiger partial charge is 1.00 e. The van der Waals surface area contributed by atoms with Gasteiger partial charge in [0.25, 0.3) is 0 Å². The molecular weight excluding hydrogens is 795 g/mol. The molecular formula is C44H107Li2N6Si6+5. The topological polar surface area (TPSA) is 25.4 Å². The van der Waals surface area contributed by atoms with Crippen molar-refractivity contribution in [1.29, 1.82) is 0 Å². The molecule has 334 valence electrons. The van der Waals surface area contributed by atoms with E-state index in [1.54, 1.807) is 0 Å². The van der Waals surface area contributed by atoms with Crippen LogP contribution in [0.1, 0.15) is 0 Å². The van der Waals surface area contributed by atoms with Crippen LogP contribution >= 0.6 is 0 Å². The van der Waals surface area contributed by atoms with Crippen molar-refractivity contribution in [2.45, 2.75) is 148 Å². The Morgan fingerprint density at radius 2 is 0.448 bits per heavy atom. The number of rotatable bonds is 15. The fraction of sp³-hybridized carbons (Fsp3) is 0.955. The van der Waals surface area contributed by atoms with Crippen molar-refractivity contribution in [1.82, 2.24) is 4.90 Å². The summed E-state index contributed by atoms with van der Waals surface area (Å²) in [6, 6.07) is 0. The zero-order valence-corrected chi connectivity index (χ0v) is 52.2. The SMILES string of the molecule is CN(C)CC[NH+](C)C.C[NH+](C)CC[NH+](C)C.C[NH+](C)CC[NH+](C)C.C[Si](C)(C)C12[C-]3C1([Si](C)(C)C)C32[Si](C)(C)C.C[Si](C)(C)C12[C-]3C1([Si](C)(C)C)C32[Si](C)(C)C.[Li+].[Li+]. The molecule has 8 rings (SSSR count). The fourth-order valence-electron chi connectivity index (χ4n) is 13.6. The van der Waals surface area contributed by atoms with Gasteiger partial charge in [-0.05, 0) is 14.1 Å². The van der Waals surface area contributed by atoms with Crippen LogP contribution in [0.15, 0.2) is 0 Å². The Labute approximate surface area is 396 Å². The Morgan fingerprint density at radius 3 is 0.500 bits per heavy atom. The maximum atomic E-state index is 2.63. The van der Waals surface area contributed by atoms with E-state index >= 15 is 0 Å². The molecule has 0 bridgehead atoms. The third-order valence-corrected chi connectivity index (χ3v) is 36.2. The van der Waals surface area contributed by atoms with E-state index in [1.807, 2.05) is 0 Å². The van der Waals surface area contributed by atoms with Gasteiger partial charge in [-0.1, -0.05) is 118 Å². The average molecular weight is 903 g/mol. The van der Waals surface area contributed by atoms with Gasteiger partial charge in [0.05, 0.1) is 77.0 Å². The number of nitrogens with zero attached hydrogens (tertiary/aromatic N) is 1. The van der Waals surface area contributed by atoms with Crippen molar-refractivity contribution in [3.8, 4) is 0 Å². The summed E-state index contributed by atoms with van der Waals surface area (Å²) in [5.74, 6) is 4.23. The van der Waals surface area contributed by atoms with Crippen molar-refractivity contribution in [3.05, 3.63) is 11.8 Å². The molecule has 0 aromatic rings. The number of nitrogens with one attached hydrogen (secondary N) is 5. The van der Waals surface area contributed by atoms with Crippen molar-refractivity contribution in [2.75, 3.05) is 124 Å². The molecule has 8 aliphatic rings. The van der Waals surface area contributed by atoms with Gasteiger partial charge in [0.1, 0.15) is 26.2 Å². The van der Waals surface area contributed by atoms with Crippen molar-refractivity contribution in [2.24, 2.45) is 0 Å². The molecule has 0 unspecified atom stereocenters. The van der Waals surface area contributed by atoms with Crippen LogP contribution in [0.3, 0.4) is 0 Å². The summed E-state index contributed by atoms with van der Waals surface area (Å²) in [5, 5.41) is 5.26. The van der Waals surface area contributed by atoms with Crippen LogP contribution in [0.2, 0.25) is 148 Å². The summed E-state index contributed by atoms with van der Waals surface area (Å²) in [6.07, 6.45) is 0. The number of hydrogen-bond acceptors (Lipinski definition) is 1. The van der Waals surface area contributed by atoms with Gasteiger partial charge in [0, 0.05) is 55.0 Å². The number of hydrogen-bond donors (Lipinski definition) is 5. The molecule has 0 heterocycles. The minimum atomic E-state index is -0.968. The number of quaternary nitrogens is 5. The molecule has 0 spiro atoms. The molecule has 8 aliphatic carbocycles. The van der Waals surface area contributed by atoms with E-state index in [4.69, 9.17) is 0 Å². The molecule has 0 radical (unpaired) electrons. The second-order valence-corrected chi connectivity index (χ2v) is 58.8. The zero-order chi connectivity index (χ0) is 44.9. The summed E-state index contributed by atoms with van der Waals surface area (Å²) in [6.45, 7) is 54.8. The smallest absolute Gasteiger partial charge is 0.339 e. The third-order valence-electron chi connectivity index (χ3n) is 15.2. The average Bonchev–Trinajstić information content (AvgIpc) is 3.74. The van der Waals surface area contributed by atoms with Gasteiger partial charge in [0.15, 0.2) is 0 Å². The quantitative estimate of drug-likeness (QED) is 0.0878. The van der Waals surface area contributed by atoms with Gasteiger partial charge < -0.3 is 41.2 Å². The predicted molar refractivity (Wildman–Crippen MR) is 270 cm³/mol. The zero-order valence-electron chi connectivity index (χ0n) is 46.2. The first-order chi connectivity index (χ1) is 24.6. The summed E-state index contributed by atoms with van der Waals surface area (Å²) in [7, 11) is 20.2. The van der Waals surface area contributed by atoms with Crippen LogP contribution in [-0.2, 0) is 0 Å². The molecule has 14 heteroatoms. The summed E-state index contributed by atoms with van der Waals surface area (Å²) < 4.78 is 0. The minimum Gasteiger partial charge on any atom is -0.339 e. The molecule has 0 atom stereocenters. The summed E-state index contributed by atoms with van der Waals surface area (Å²) in [4.78, 5) is 9.85. The number of likely N-dealkylation sites (N-methyl/N-ethyl adjacent to an activating group) is 6. The molecule has 0 amide bonds. The second-order valence-electron chi connectivity index (χ2n) is 27.3. The maximum absolute atomic E-state index is 2.63. The van der Waals surface area contributed by atoms with E-state index in [2.05, 4.69) is 219 Å². The predicted octanol–water partition coefficient (Wildman–Crippen LogP) is -3.07. The van der Waals surface area contributed by atoms with Crippen LogP contribution in [0.25, 0.3) is 0 Å². The van der Waals surface area contributed by atoms with Crippen molar-refractivity contribution in [3.63, 3.8) is 0 Å². The first kappa shape index (κ1) is 60.3.